The van der Waals surface area contributed by atoms with Crippen LogP contribution in [0, 0.1) is 5.92 Å². The zero-order chi connectivity index (χ0) is 14.3. The van der Waals surface area contributed by atoms with Crippen LogP contribution in [0.15, 0.2) is 5.16 Å². The molecule has 0 aromatic carbocycles. The molecule has 0 unspecified atom stereocenters. The molecule has 6 nitrogen and oxygen atoms in total. The van der Waals surface area contributed by atoms with Gasteiger partial charge in [0.25, 0.3) is 5.16 Å². The molecule has 0 atom stereocenters. The maximum atomic E-state index is 12.5. The van der Waals surface area contributed by atoms with Crippen LogP contribution in [0.1, 0.15) is 45.6 Å². The lowest BCUT2D eigenvalue weighted by molar-refractivity contribution is 0.553. The van der Waals surface area contributed by atoms with E-state index in [-0.39, 0.29) is 22.9 Å². The van der Waals surface area contributed by atoms with Gasteiger partial charge < -0.3 is 4.90 Å². The fourth-order valence-corrected chi connectivity index (χ4v) is 4.50. The standard InChI is InChI=1S/C13H22N4O2S/c1-10(2)9-20(18,19)13-15-14-12(16-7-3-4-8-16)17(13)11-5-6-11/h10-11H,3-9H2,1-2H3. The third-order valence-corrected chi connectivity index (χ3v) is 5.72. The van der Waals surface area contributed by atoms with Crippen LogP contribution >= 0.6 is 0 Å². The molecule has 7 heteroatoms. The fourth-order valence-electron chi connectivity index (χ4n) is 2.78. The monoisotopic (exact) mass is 298 g/mol. The SMILES string of the molecule is CC(C)CS(=O)(=O)c1nnc(N2CCCC2)n1C1CC1. The molecule has 1 saturated heterocycles. The van der Waals surface area contributed by atoms with Gasteiger partial charge in [-0.2, -0.15) is 0 Å². The number of aromatic nitrogens is 3. The highest BCUT2D eigenvalue weighted by atomic mass is 32.2. The van der Waals surface area contributed by atoms with Gasteiger partial charge in [0.05, 0.1) is 5.75 Å². The maximum Gasteiger partial charge on any atom is 0.251 e. The van der Waals surface area contributed by atoms with Gasteiger partial charge in [-0.15, -0.1) is 10.2 Å². The Hall–Kier alpha value is -1.11. The Bertz CT molecular complexity index is 584. The molecule has 1 aliphatic heterocycles. The van der Waals surface area contributed by atoms with E-state index in [2.05, 4.69) is 15.1 Å². The maximum absolute atomic E-state index is 12.5. The van der Waals surface area contributed by atoms with Crippen LogP contribution in [0.25, 0.3) is 0 Å². The molecule has 2 heterocycles. The van der Waals surface area contributed by atoms with Crippen LogP contribution in [0.5, 0.6) is 0 Å². The second-order valence-corrected chi connectivity index (χ2v) is 8.18. The van der Waals surface area contributed by atoms with Gasteiger partial charge in [-0.3, -0.25) is 4.57 Å². The highest BCUT2D eigenvalue weighted by Crippen LogP contribution is 2.40. The lowest BCUT2D eigenvalue weighted by Crippen LogP contribution is -2.24. The Morgan fingerprint density at radius 2 is 1.85 bits per heavy atom. The van der Waals surface area contributed by atoms with E-state index in [0.29, 0.717) is 0 Å². The van der Waals surface area contributed by atoms with Crippen molar-refractivity contribution in [2.24, 2.45) is 5.92 Å². The third kappa shape index (κ3) is 2.55. The average molecular weight is 298 g/mol. The van der Waals surface area contributed by atoms with E-state index >= 15 is 0 Å². The van der Waals surface area contributed by atoms with Crippen molar-refractivity contribution in [1.29, 1.82) is 0 Å². The predicted molar refractivity (Wildman–Crippen MR) is 76.6 cm³/mol. The lowest BCUT2D eigenvalue weighted by Gasteiger charge is -2.18. The minimum Gasteiger partial charge on any atom is -0.341 e. The summed E-state index contributed by atoms with van der Waals surface area (Å²) in [4.78, 5) is 2.17. The van der Waals surface area contributed by atoms with Gasteiger partial charge >= 0.3 is 0 Å². The molecule has 1 saturated carbocycles. The second-order valence-electron chi connectivity index (χ2n) is 6.25. The molecule has 0 amide bonds. The zero-order valence-corrected chi connectivity index (χ0v) is 12.9. The van der Waals surface area contributed by atoms with Crippen LogP contribution in [-0.2, 0) is 9.84 Å². The predicted octanol–water partition coefficient (Wildman–Crippen LogP) is 1.64. The Labute approximate surface area is 120 Å². The second kappa shape index (κ2) is 5.02. The summed E-state index contributed by atoms with van der Waals surface area (Å²) in [5, 5.41) is 8.40. The molecule has 3 rings (SSSR count). The minimum absolute atomic E-state index is 0.0968. The van der Waals surface area contributed by atoms with E-state index in [4.69, 9.17) is 0 Å². The quantitative estimate of drug-likeness (QED) is 0.826. The Kier molecular flexibility index (Phi) is 3.48. The van der Waals surface area contributed by atoms with Crippen molar-refractivity contribution < 1.29 is 8.42 Å². The van der Waals surface area contributed by atoms with Gasteiger partial charge in [0.15, 0.2) is 0 Å². The van der Waals surface area contributed by atoms with Gasteiger partial charge in [-0.25, -0.2) is 8.42 Å². The molecular weight excluding hydrogens is 276 g/mol. The highest BCUT2D eigenvalue weighted by molar-refractivity contribution is 7.91. The van der Waals surface area contributed by atoms with E-state index in [1.165, 1.54) is 0 Å². The summed E-state index contributed by atoms with van der Waals surface area (Å²) in [6, 6.07) is 0.275. The zero-order valence-electron chi connectivity index (χ0n) is 12.1. The first-order valence-electron chi connectivity index (χ1n) is 7.41. The number of anilines is 1. The Morgan fingerprint density at radius 1 is 1.20 bits per heavy atom. The van der Waals surface area contributed by atoms with Crippen LogP contribution in [0.4, 0.5) is 5.95 Å². The molecule has 2 fully saturated rings. The number of hydrogen-bond donors (Lipinski definition) is 0. The van der Waals surface area contributed by atoms with Gasteiger partial charge in [-0.05, 0) is 31.6 Å². The molecular formula is C13H22N4O2S. The van der Waals surface area contributed by atoms with E-state index in [1.807, 2.05) is 18.4 Å². The van der Waals surface area contributed by atoms with Crippen LogP contribution < -0.4 is 4.90 Å². The first-order valence-corrected chi connectivity index (χ1v) is 9.07. The van der Waals surface area contributed by atoms with Crippen molar-refractivity contribution in [3.05, 3.63) is 0 Å². The Balaban J connectivity index is 1.99. The first-order chi connectivity index (χ1) is 9.49. The molecule has 1 aromatic rings. The summed E-state index contributed by atoms with van der Waals surface area (Å²) in [7, 11) is -3.34. The number of nitrogens with zero attached hydrogens (tertiary/aromatic N) is 4. The molecule has 0 N–H and O–H groups in total. The van der Waals surface area contributed by atoms with Crippen LogP contribution in [0.2, 0.25) is 0 Å². The molecule has 1 aromatic heterocycles. The van der Waals surface area contributed by atoms with Gasteiger partial charge in [0.2, 0.25) is 15.8 Å². The molecule has 0 radical (unpaired) electrons. The fraction of sp³-hybridized carbons (Fsp3) is 0.846. The van der Waals surface area contributed by atoms with E-state index < -0.39 is 9.84 Å². The van der Waals surface area contributed by atoms with Crippen molar-refractivity contribution in [3.8, 4) is 0 Å². The molecule has 0 bridgehead atoms. The topological polar surface area (TPSA) is 68.1 Å². The summed E-state index contributed by atoms with van der Waals surface area (Å²) in [6.07, 6.45) is 4.35. The van der Waals surface area contributed by atoms with Crippen molar-refractivity contribution in [3.63, 3.8) is 0 Å². The highest BCUT2D eigenvalue weighted by Gasteiger charge is 2.36. The van der Waals surface area contributed by atoms with E-state index in [0.717, 1.165) is 44.7 Å². The summed E-state index contributed by atoms with van der Waals surface area (Å²) in [5.41, 5.74) is 0. The summed E-state index contributed by atoms with van der Waals surface area (Å²) in [5.74, 6) is 0.990. The Morgan fingerprint density at radius 3 is 2.40 bits per heavy atom. The largest absolute Gasteiger partial charge is 0.341 e. The van der Waals surface area contributed by atoms with Crippen molar-refractivity contribution in [2.75, 3.05) is 23.7 Å². The summed E-state index contributed by atoms with van der Waals surface area (Å²) >= 11 is 0. The number of hydrogen-bond acceptors (Lipinski definition) is 5. The molecule has 1 aliphatic carbocycles. The third-order valence-electron chi connectivity index (χ3n) is 3.78. The van der Waals surface area contributed by atoms with Crippen molar-refractivity contribution >= 4 is 15.8 Å². The number of sulfone groups is 1. The molecule has 112 valence electrons. The average Bonchev–Trinajstić information content (AvgIpc) is 2.90. The normalized spacial score (nSPS) is 20.1. The van der Waals surface area contributed by atoms with E-state index in [9.17, 15) is 8.42 Å². The molecule has 2 aliphatic rings. The lowest BCUT2D eigenvalue weighted by atomic mass is 10.3. The van der Waals surface area contributed by atoms with Gasteiger partial charge in [-0.1, -0.05) is 13.8 Å². The van der Waals surface area contributed by atoms with Crippen LogP contribution in [0.3, 0.4) is 0 Å². The molecule has 20 heavy (non-hydrogen) atoms. The summed E-state index contributed by atoms with van der Waals surface area (Å²) in [6.45, 7) is 5.73. The summed E-state index contributed by atoms with van der Waals surface area (Å²) < 4.78 is 26.8. The van der Waals surface area contributed by atoms with Crippen molar-refractivity contribution in [1.82, 2.24) is 14.8 Å². The van der Waals surface area contributed by atoms with E-state index in [1.54, 1.807) is 0 Å². The number of rotatable bonds is 5. The smallest absolute Gasteiger partial charge is 0.251 e. The van der Waals surface area contributed by atoms with Gasteiger partial charge in [0.1, 0.15) is 0 Å². The first kappa shape index (κ1) is 13.9. The van der Waals surface area contributed by atoms with Crippen LogP contribution in [-0.4, -0.2) is 42.0 Å². The van der Waals surface area contributed by atoms with Crippen molar-refractivity contribution in [2.45, 2.75) is 50.7 Å². The molecule has 0 spiro atoms. The van der Waals surface area contributed by atoms with Gasteiger partial charge in [0, 0.05) is 19.1 Å². The minimum atomic E-state index is -3.34.